The molecule has 0 saturated heterocycles. The third kappa shape index (κ3) is 3.32. The summed E-state index contributed by atoms with van der Waals surface area (Å²) in [7, 11) is 3.57. The fourth-order valence-electron chi connectivity index (χ4n) is 1.93. The molecule has 0 saturated carbocycles. The molecular weight excluding hydrogens is 318 g/mol. The van der Waals surface area contributed by atoms with Gasteiger partial charge in [0, 0.05) is 16.1 Å². The molecule has 4 heteroatoms. The van der Waals surface area contributed by atoms with Gasteiger partial charge in [-0.15, -0.1) is 0 Å². The molecule has 1 unspecified atom stereocenters. The first-order valence-corrected chi connectivity index (χ1v) is 7.22. The number of ether oxygens (including phenoxy) is 2. The van der Waals surface area contributed by atoms with E-state index in [-0.39, 0.29) is 6.04 Å². The van der Waals surface area contributed by atoms with E-state index in [0.29, 0.717) is 5.75 Å². The molecule has 2 aromatic rings. The molecule has 0 fully saturated rings. The number of benzene rings is 2. The monoisotopic (exact) mass is 335 g/mol. The fourth-order valence-corrected chi connectivity index (χ4v) is 2.27. The first kappa shape index (κ1) is 14.9. The molecular formula is C16H18BrNO2. The van der Waals surface area contributed by atoms with Crippen LogP contribution in [0.25, 0.3) is 0 Å². The Bertz CT molecular complexity index is 586. The first-order valence-electron chi connectivity index (χ1n) is 6.43. The molecule has 0 aliphatic carbocycles. The lowest BCUT2D eigenvalue weighted by Crippen LogP contribution is -2.13. The summed E-state index contributed by atoms with van der Waals surface area (Å²) in [6.07, 6.45) is 0. The van der Waals surface area contributed by atoms with Gasteiger partial charge in [-0.25, -0.2) is 0 Å². The van der Waals surface area contributed by atoms with Crippen LogP contribution in [0.5, 0.6) is 17.2 Å². The van der Waals surface area contributed by atoms with Gasteiger partial charge < -0.3 is 14.8 Å². The maximum atomic E-state index is 6.04. The van der Waals surface area contributed by atoms with Crippen molar-refractivity contribution in [3.05, 3.63) is 52.5 Å². The second kappa shape index (κ2) is 6.77. The van der Waals surface area contributed by atoms with E-state index < -0.39 is 0 Å². The molecule has 1 atom stereocenters. The summed E-state index contributed by atoms with van der Waals surface area (Å²) in [6.45, 7) is 2.10. The van der Waals surface area contributed by atoms with Crippen molar-refractivity contribution in [3.63, 3.8) is 0 Å². The van der Waals surface area contributed by atoms with Crippen LogP contribution in [0.1, 0.15) is 18.5 Å². The largest absolute Gasteiger partial charge is 0.493 e. The van der Waals surface area contributed by atoms with Gasteiger partial charge >= 0.3 is 0 Å². The number of nitrogens with one attached hydrogen (secondary N) is 1. The summed E-state index contributed by atoms with van der Waals surface area (Å²) in [6, 6.07) is 13.9. The minimum absolute atomic E-state index is 0.202. The molecule has 20 heavy (non-hydrogen) atoms. The smallest absolute Gasteiger partial charge is 0.169 e. The minimum Gasteiger partial charge on any atom is -0.493 e. The lowest BCUT2D eigenvalue weighted by molar-refractivity contribution is 0.376. The van der Waals surface area contributed by atoms with E-state index in [1.54, 1.807) is 7.11 Å². The topological polar surface area (TPSA) is 30.5 Å². The van der Waals surface area contributed by atoms with Gasteiger partial charge in [0.2, 0.25) is 0 Å². The number of hydrogen-bond donors (Lipinski definition) is 1. The quantitative estimate of drug-likeness (QED) is 0.870. The van der Waals surface area contributed by atoms with Crippen LogP contribution < -0.4 is 14.8 Å². The van der Waals surface area contributed by atoms with Crippen molar-refractivity contribution in [1.82, 2.24) is 5.32 Å². The van der Waals surface area contributed by atoms with Gasteiger partial charge in [-0.1, -0.05) is 34.1 Å². The van der Waals surface area contributed by atoms with Gasteiger partial charge in [0.05, 0.1) is 7.11 Å². The molecule has 106 valence electrons. The number of rotatable bonds is 5. The Hall–Kier alpha value is -1.52. The normalized spacial score (nSPS) is 12.0. The Morgan fingerprint density at radius 3 is 2.40 bits per heavy atom. The molecule has 2 aromatic carbocycles. The third-order valence-corrected chi connectivity index (χ3v) is 3.66. The summed E-state index contributed by atoms with van der Waals surface area (Å²) < 4.78 is 12.3. The Balaban J connectivity index is 2.39. The molecule has 1 N–H and O–H groups in total. The molecule has 0 spiro atoms. The van der Waals surface area contributed by atoms with Crippen LogP contribution in [0.4, 0.5) is 0 Å². The Kier molecular flexibility index (Phi) is 5.04. The predicted molar refractivity (Wildman–Crippen MR) is 84.7 cm³/mol. The highest BCUT2D eigenvalue weighted by atomic mass is 79.9. The third-order valence-electron chi connectivity index (χ3n) is 3.16. The highest BCUT2D eigenvalue weighted by molar-refractivity contribution is 9.10. The van der Waals surface area contributed by atoms with Gasteiger partial charge in [0.1, 0.15) is 5.75 Å². The SMILES string of the molecule is CNC(C)c1ccc(Br)cc1Oc1ccccc1OC. The van der Waals surface area contributed by atoms with Gasteiger partial charge in [0.15, 0.2) is 11.5 Å². The van der Waals surface area contributed by atoms with Crippen LogP contribution in [0, 0.1) is 0 Å². The average Bonchev–Trinajstić information content (AvgIpc) is 2.47. The summed E-state index contributed by atoms with van der Waals surface area (Å²) in [5, 5.41) is 3.23. The van der Waals surface area contributed by atoms with Crippen LogP contribution in [0.15, 0.2) is 46.9 Å². The molecule has 0 aliphatic heterocycles. The van der Waals surface area contributed by atoms with Crippen molar-refractivity contribution in [2.75, 3.05) is 14.2 Å². The van der Waals surface area contributed by atoms with E-state index in [1.807, 2.05) is 43.4 Å². The molecule has 0 aliphatic rings. The number of hydrogen-bond acceptors (Lipinski definition) is 3. The van der Waals surface area contributed by atoms with Crippen molar-refractivity contribution in [1.29, 1.82) is 0 Å². The maximum Gasteiger partial charge on any atom is 0.169 e. The lowest BCUT2D eigenvalue weighted by Gasteiger charge is -2.17. The standard InChI is InChI=1S/C16H18BrNO2/c1-11(18-2)13-9-8-12(17)10-16(13)20-15-7-5-4-6-14(15)19-3/h4-11,18H,1-3H3. The summed E-state index contributed by atoms with van der Waals surface area (Å²) in [4.78, 5) is 0. The first-order chi connectivity index (χ1) is 9.65. The van der Waals surface area contributed by atoms with Crippen LogP contribution >= 0.6 is 15.9 Å². The summed E-state index contributed by atoms with van der Waals surface area (Å²) in [5.74, 6) is 2.24. The van der Waals surface area contributed by atoms with E-state index in [1.165, 1.54) is 0 Å². The second-order valence-corrected chi connectivity index (χ2v) is 5.36. The summed E-state index contributed by atoms with van der Waals surface area (Å²) in [5.41, 5.74) is 1.10. The zero-order valence-corrected chi connectivity index (χ0v) is 13.4. The Morgan fingerprint density at radius 1 is 1.05 bits per heavy atom. The van der Waals surface area contributed by atoms with Gasteiger partial charge in [-0.2, -0.15) is 0 Å². The van der Waals surface area contributed by atoms with Crippen LogP contribution in [-0.4, -0.2) is 14.2 Å². The molecule has 0 heterocycles. The van der Waals surface area contributed by atoms with Crippen LogP contribution in [-0.2, 0) is 0 Å². The average molecular weight is 336 g/mol. The van der Waals surface area contributed by atoms with E-state index >= 15 is 0 Å². The second-order valence-electron chi connectivity index (χ2n) is 4.45. The van der Waals surface area contributed by atoms with Crippen LogP contribution in [0.2, 0.25) is 0 Å². The predicted octanol–water partition coefficient (Wildman–Crippen LogP) is 4.53. The van der Waals surface area contributed by atoms with E-state index in [4.69, 9.17) is 9.47 Å². The maximum absolute atomic E-state index is 6.04. The van der Waals surface area contributed by atoms with E-state index in [2.05, 4.69) is 34.2 Å². The van der Waals surface area contributed by atoms with Crippen molar-refractivity contribution in [2.24, 2.45) is 0 Å². The van der Waals surface area contributed by atoms with Gasteiger partial charge in [-0.05, 0) is 38.2 Å². The molecule has 0 aromatic heterocycles. The van der Waals surface area contributed by atoms with Crippen LogP contribution in [0.3, 0.4) is 0 Å². The lowest BCUT2D eigenvalue weighted by atomic mass is 10.1. The molecule has 0 bridgehead atoms. The van der Waals surface area contributed by atoms with Gasteiger partial charge in [0.25, 0.3) is 0 Å². The van der Waals surface area contributed by atoms with Crippen molar-refractivity contribution in [2.45, 2.75) is 13.0 Å². The zero-order valence-electron chi connectivity index (χ0n) is 11.8. The summed E-state index contributed by atoms with van der Waals surface area (Å²) >= 11 is 3.48. The molecule has 2 rings (SSSR count). The van der Waals surface area contributed by atoms with E-state index in [0.717, 1.165) is 21.5 Å². The number of para-hydroxylation sites is 2. The number of methoxy groups -OCH3 is 1. The van der Waals surface area contributed by atoms with Crippen molar-refractivity contribution < 1.29 is 9.47 Å². The Morgan fingerprint density at radius 2 is 1.75 bits per heavy atom. The fraction of sp³-hybridized carbons (Fsp3) is 0.250. The highest BCUT2D eigenvalue weighted by Gasteiger charge is 2.13. The molecule has 3 nitrogen and oxygen atoms in total. The van der Waals surface area contributed by atoms with Crippen molar-refractivity contribution in [3.8, 4) is 17.2 Å². The molecule has 0 radical (unpaired) electrons. The zero-order chi connectivity index (χ0) is 14.5. The highest BCUT2D eigenvalue weighted by Crippen LogP contribution is 2.36. The molecule has 0 amide bonds. The number of halogens is 1. The Labute approximate surface area is 128 Å². The van der Waals surface area contributed by atoms with Crippen molar-refractivity contribution >= 4 is 15.9 Å². The minimum atomic E-state index is 0.202. The van der Waals surface area contributed by atoms with Gasteiger partial charge in [-0.3, -0.25) is 0 Å². The van der Waals surface area contributed by atoms with E-state index in [9.17, 15) is 0 Å².